The molecule has 202 valence electrons. The van der Waals surface area contributed by atoms with Crippen LogP contribution in [0.25, 0.3) is 0 Å². The molecule has 1 aliphatic rings. The van der Waals surface area contributed by atoms with Crippen LogP contribution in [0.5, 0.6) is 23.0 Å². The largest absolute Gasteiger partial charge is 0.489 e. The zero-order valence-corrected chi connectivity index (χ0v) is 22.8. The van der Waals surface area contributed by atoms with Crippen LogP contribution < -0.4 is 14.2 Å². The highest BCUT2D eigenvalue weighted by atomic mass is 35.5. The second-order valence-corrected chi connectivity index (χ2v) is 9.45. The van der Waals surface area contributed by atoms with Crippen molar-refractivity contribution >= 4 is 29.2 Å². The van der Waals surface area contributed by atoms with Crippen molar-refractivity contribution in [3.05, 3.63) is 80.8 Å². The van der Waals surface area contributed by atoms with E-state index in [9.17, 15) is 9.90 Å². The molecule has 0 saturated heterocycles. The first-order valence-electron chi connectivity index (χ1n) is 11.8. The van der Waals surface area contributed by atoms with Crippen LogP contribution in [0, 0.1) is 0 Å². The van der Waals surface area contributed by atoms with E-state index in [2.05, 4.69) is 0 Å². The Morgan fingerprint density at radius 3 is 1.95 bits per heavy atom. The zero-order chi connectivity index (χ0) is 27.4. The maximum atomic E-state index is 12.2. The van der Waals surface area contributed by atoms with Gasteiger partial charge in [0.15, 0.2) is 6.29 Å². The van der Waals surface area contributed by atoms with E-state index in [1.165, 1.54) is 14.2 Å². The third-order valence-corrected chi connectivity index (χ3v) is 6.84. The molecule has 0 amide bonds. The van der Waals surface area contributed by atoms with E-state index < -0.39 is 18.2 Å². The molecule has 3 aromatic rings. The van der Waals surface area contributed by atoms with Gasteiger partial charge in [0.05, 0.1) is 21.7 Å². The standard InChI is InChI=1S/C28H28Cl2O8/c1-15(33-2)13-36-24-11-22-18(9-20(24)29)27(16-7-5-6-8-17(16)28(31)32)19-10-21(30)25(12-23(19)38-22)37-14-26(34-3)35-4/h5-12,15,26-27H,13-14H2,1-4H3,(H,31,32). The first-order valence-corrected chi connectivity index (χ1v) is 12.5. The zero-order valence-electron chi connectivity index (χ0n) is 21.3. The van der Waals surface area contributed by atoms with Crippen molar-refractivity contribution in [1.29, 1.82) is 0 Å². The molecule has 4 rings (SSSR count). The Balaban J connectivity index is 1.83. The van der Waals surface area contributed by atoms with Crippen molar-refractivity contribution in [3.8, 4) is 23.0 Å². The molecule has 10 heteroatoms. The van der Waals surface area contributed by atoms with Crippen LogP contribution in [0.2, 0.25) is 10.0 Å². The van der Waals surface area contributed by atoms with E-state index >= 15 is 0 Å². The summed E-state index contributed by atoms with van der Waals surface area (Å²) in [7, 11) is 4.61. The van der Waals surface area contributed by atoms with Crippen LogP contribution in [0.1, 0.15) is 39.9 Å². The lowest BCUT2D eigenvalue weighted by molar-refractivity contribution is -0.121. The lowest BCUT2D eigenvalue weighted by Crippen LogP contribution is -2.22. The van der Waals surface area contributed by atoms with Gasteiger partial charge < -0.3 is 33.5 Å². The number of benzene rings is 3. The highest BCUT2D eigenvalue weighted by Crippen LogP contribution is 2.52. The smallest absolute Gasteiger partial charge is 0.335 e. The van der Waals surface area contributed by atoms with E-state index in [0.29, 0.717) is 49.7 Å². The van der Waals surface area contributed by atoms with Crippen LogP contribution in [0.15, 0.2) is 48.5 Å². The van der Waals surface area contributed by atoms with Crippen LogP contribution in [-0.4, -0.2) is 58.0 Å². The second kappa shape index (κ2) is 12.2. The van der Waals surface area contributed by atoms with Crippen LogP contribution in [0.3, 0.4) is 0 Å². The minimum Gasteiger partial charge on any atom is -0.489 e. The normalized spacial score (nSPS) is 14.9. The Morgan fingerprint density at radius 2 is 1.42 bits per heavy atom. The van der Waals surface area contributed by atoms with Gasteiger partial charge in [-0.15, -0.1) is 0 Å². The monoisotopic (exact) mass is 562 g/mol. The van der Waals surface area contributed by atoms with Crippen LogP contribution in [-0.2, 0) is 14.2 Å². The molecule has 0 fully saturated rings. The Labute approximate surface area is 230 Å². The van der Waals surface area contributed by atoms with Gasteiger partial charge in [-0.1, -0.05) is 41.4 Å². The van der Waals surface area contributed by atoms with Gasteiger partial charge in [0.25, 0.3) is 0 Å². The van der Waals surface area contributed by atoms with Crippen molar-refractivity contribution in [2.75, 3.05) is 34.5 Å². The predicted molar refractivity (Wildman–Crippen MR) is 143 cm³/mol. The molecule has 1 aliphatic heterocycles. The molecule has 1 N–H and O–H groups in total. The van der Waals surface area contributed by atoms with Gasteiger partial charge in [0.1, 0.15) is 36.2 Å². The fraction of sp³-hybridized carbons (Fsp3) is 0.321. The molecule has 8 nitrogen and oxygen atoms in total. The average Bonchev–Trinajstić information content (AvgIpc) is 2.91. The Bertz CT molecular complexity index is 1310. The highest BCUT2D eigenvalue weighted by Gasteiger charge is 2.34. The summed E-state index contributed by atoms with van der Waals surface area (Å²) in [5.41, 5.74) is 2.05. The second-order valence-electron chi connectivity index (χ2n) is 8.64. The van der Waals surface area contributed by atoms with E-state index in [1.807, 2.05) is 6.92 Å². The molecular weight excluding hydrogens is 535 g/mol. The van der Waals surface area contributed by atoms with Crippen LogP contribution in [0.4, 0.5) is 0 Å². The number of halogens is 2. The number of carboxylic acid groups (broad SMARTS) is 1. The quantitative estimate of drug-likeness (QED) is 0.210. The molecule has 0 aromatic heterocycles. The number of fused-ring (bicyclic) bond motifs is 2. The highest BCUT2D eigenvalue weighted by molar-refractivity contribution is 6.32. The number of ether oxygens (including phenoxy) is 6. The maximum absolute atomic E-state index is 12.2. The number of rotatable bonds is 11. The number of hydrogen-bond acceptors (Lipinski definition) is 7. The Morgan fingerprint density at radius 1 is 0.868 bits per heavy atom. The average molecular weight is 563 g/mol. The minimum absolute atomic E-state index is 0.0959. The summed E-state index contributed by atoms with van der Waals surface area (Å²) in [6.07, 6.45) is -0.737. The van der Waals surface area contributed by atoms with Gasteiger partial charge in [0, 0.05) is 50.5 Å². The van der Waals surface area contributed by atoms with E-state index in [0.717, 1.165) is 0 Å². The third kappa shape index (κ3) is 5.85. The van der Waals surface area contributed by atoms with Crippen molar-refractivity contribution in [2.45, 2.75) is 25.2 Å². The number of carboxylic acids is 1. The van der Waals surface area contributed by atoms with Gasteiger partial charge in [-0.3, -0.25) is 0 Å². The fourth-order valence-corrected chi connectivity index (χ4v) is 4.63. The molecule has 0 saturated carbocycles. The molecule has 2 unspecified atom stereocenters. The summed E-state index contributed by atoms with van der Waals surface area (Å²) < 4.78 is 33.7. The van der Waals surface area contributed by atoms with Gasteiger partial charge in [-0.25, -0.2) is 4.79 Å². The summed E-state index contributed by atoms with van der Waals surface area (Å²) in [6, 6.07) is 13.6. The molecular formula is C28H28Cl2O8. The lowest BCUT2D eigenvalue weighted by atomic mass is 9.80. The maximum Gasteiger partial charge on any atom is 0.335 e. The topological polar surface area (TPSA) is 92.7 Å². The lowest BCUT2D eigenvalue weighted by Gasteiger charge is -2.31. The van der Waals surface area contributed by atoms with Gasteiger partial charge >= 0.3 is 5.97 Å². The van der Waals surface area contributed by atoms with Crippen molar-refractivity contribution in [1.82, 2.24) is 0 Å². The number of aromatic carboxylic acids is 1. The Kier molecular flexibility index (Phi) is 9.02. The van der Waals surface area contributed by atoms with Crippen molar-refractivity contribution in [2.24, 2.45) is 0 Å². The molecule has 3 aromatic carbocycles. The van der Waals surface area contributed by atoms with Gasteiger partial charge in [0.2, 0.25) is 0 Å². The molecule has 1 heterocycles. The SMILES string of the molecule is COC(C)COc1cc2c(cc1Cl)C(c1ccccc1C(=O)O)c1cc(Cl)c(OCC(OC)OC)cc1O2. The summed E-state index contributed by atoms with van der Waals surface area (Å²) in [5, 5.41) is 10.6. The molecule has 0 bridgehead atoms. The van der Waals surface area contributed by atoms with Gasteiger partial charge in [-0.05, 0) is 30.7 Å². The van der Waals surface area contributed by atoms with Crippen molar-refractivity contribution < 1.29 is 38.3 Å². The molecule has 38 heavy (non-hydrogen) atoms. The van der Waals surface area contributed by atoms with Crippen molar-refractivity contribution in [3.63, 3.8) is 0 Å². The predicted octanol–water partition coefficient (Wildman–Crippen LogP) is 6.39. The molecule has 0 spiro atoms. The van der Waals surface area contributed by atoms with E-state index in [-0.39, 0.29) is 24.9 Å². The molecule has 0 aliphatic carbocycles. The first kappa shape index (κ1) is 28.0. The number of hydrogen-bond donors (Lipinski definition) is 1. The summed E-state index contributed by atoms with van der Waals surface area (Å²) >= 11 is 13.2. The molecule has 0 radical (unpaired) electrons. The van der Waals surface area contributed by atoms with Crippen LogP contribution >= 0.6 is 23.2 Å². The summed E-state index contributed by atoms with van der Waals surface area (Å²) in [6.45, 7) is 2.25. The fourth-order valence-electron chi connectivity index (χ4n) is 4.18. The van der Waals surface area contributed by atoms with E-state index in [1.54, 1.807) is 55.6 Å². The van der Waals surface area contributed by atoms with Gasteiger partial charge in [-0.2, -0.15) is 0 Å². The molecule has 2 atom stereocenters. The number of carbonyl (C=O) groups is 1. The summed E-state index contributed by atoms with van der Waals surface area (Å²) in [4.78, 5) is 12.2. The number of methoxy groups -OCH3 is 3. The first-order chi connectivity index (χ1) is 18.3. The Hall–Kier alpha value is -3.01. The third-order valence-electron chi connectivity index (χ3n) is 6.25. The van der Waals surface area contributed by atoms with E-state index in [4.69, 9.17) is 51.6 Å². The minimum atomic E-state index is -1.05. The summed E-state index contributed by atoms with van der Waals surface area (Å²) in [5.74, 6) is 0.0990.